The summed E-state index contributed by atoms with van der Waals surface area (Å²) in [6, 6.07) is 19.9. The maximum Gasteiger partial charge on any atom is 0.166 e. The van der Waals surface area contributed by atoms with Crippen molar-refractivity contribution in [3.8, 4) is 0 Å². The summed E-state index contributed by atoms with van der Waals surface area (Å²) < 4.78 is 0. The van der Waals surface area contributed by atoms with Gasteiger partial charge in [0.2, 0.25) is 0 Å². The maximum absolute atomic E-state index is 12.0. The van der Waals surface area contributed by atoms with E-state index in [9.17, 15) is 4.79 Å². The van der Waals surface area contributed by atoms with Crippen LogP contribution in [0.15, 0.2) is 72.8 Å². The summed E-state index contributed by atoms with van der Waals surface area (Å²) in [7, 11) is 0. The summed E-state index contributed by atoms with van der Waals surface area (Å²) >= 11 is 0. The summed E-state index contributed by atoms with van der Waals surface area (Å²) in [5.74, 6) is 0.560. The molecule has 1 heteroatoms. The Morgan fingerprint density at radius 1 is 1.00 bits per heavy atom. The normalized spacial score (nSPS) is 12.4. The number of hydrogen-bond donors (Lipinski definition) is 0. The molecule has 0 aliphatic carbocycles. The van der Waals surface area contributed by atoms with Crippen molar-refractivity contribution in [2.75, 3.05) is 0 Å². The van der Waals surface area contributed by atoms with Gasteiger partial charge in [-0.05, 0) is 12.0 Å². The molecule has 0 fully saturated rings. The van der Waals surface area contributed by atoms with E-state index in [0.29, 0.717) is 12.3 Å². The summed E-state index contributed by atoms with van der Waals surface area (Å²) in [5, 5.41) is 0. The van der Waals surface area contributed by atoms with E-state index >= 15 is 0 Å². The molecule has 0 aliphatic rings. The van der Waals surface area contributed by atoms with Gasteiger partial charge < -0.3 is 0 Å². The average Bonchev–Trinajstić information content (AvgIpc) is 2.53. The third-order valence-electron chi connectivity index (χ3n) is 3.43. The number of Topliss-reactive ketones (excluding diaryl/α,β-unsaturated/α-hetero) is 1. The molecule has 0 N–H and O–H groups in total. The Kier molecular flexibility index (Phi) is 5.31. The fraction of sp³-hybridized carbons (Fsp3) is 0.211. The molecular formula is C19H20O. The molecular weight excluding hydrogens is 244 g/mol. The van der Waals surface area contributed by atoms with E-state index in [-0.39, 0.29) is 5.78 Å². The second-order valence-corrected chi connectivity index (χ2v) is 4.85. The highest BCUT2D eigenvalue weighted by atomic mass is 16.1. The Balaban J connectivity index is 1.97. The summed E-state index contributed by atoms with van der Waals surface area (Å²) in [4.78, 5) is 12.0. The molecule has 0 amide bonds. The molecule has 1 nitrogen and oxygen atoms in total. The van der Waals surface area contributed by atoms with E-state index < -0.39 is 0 Å². The molecule has 2 aromatic rings. The van der Waals surface area contributed by atoms with Crippen LogP contribution in [0.4, 0.5) is 0 Å². The minimum Gasteiger partial charge on any atom is -0.294 e. The van der Waals surface area contributed by atoms with Gasteiger partial charge in [0.15, 0.2) is 5.78 Å². The minimum absolute atomic E-state index is 0.171. The molecule has 0 aliphatic heterocycles. The van der Waals surface area contributed by atoms with Crippen LogP contribution in [0, 0.1) is 0 Å². The first-order chi connectivity index (χ1) is 9.81. The van der Waals surface area contributed by atoms with Crippen LogP contribution < -0.4 is 0 Å². The van der Waals surface area contributed by atoms with Crippen molar-refractivity contribution in [2.45, 2.75) is 25.7 Å². The molecule has 0 heterocycles. The van der Waals surface area contributed by atoms with Gasteiger partial charge >= 0.3 is 0 Å². The molecule has 1 atom stereocenters. The Bertz CT molecular complexity index is 555. The van der Waals surface area contributed by atoms with Crippen LogP contribution in [0.5, 0.6) is 0 Å². The van der Waals surface area contributed by atoms with Gasteiger partial charge in [0, 0.05) is 17.9 Å². The quantitative estimate of drug-likeness (QED) is 0.529. The van der Waals surface area contributed by atoms with Crippen molar-refractivity contribution in [3.05, 3.63) is 83.9 Å². The van der Waals surface area contributed by atoms with Crippen molar-refractivity contribution in [2.24, 2.45) is 0 Å². The van der Waals surface area contributed by atoms with Gasteiger partial charge in [0.05, 0.1) is 0 Å². The Morgan fingerprint density at radius 2 is 1.60 bits per heavy atom. The molecule has 102 valence electrons. The van der Waals surface area contributed by atoms with Crippen molar-refractivity contribution in [1.82, 2.24) is 0 Å². The molecule has 20 heavy (non-hydrogen) atoms. The van der Waals surface area contributed by atoms with Crippen molar-refractivity contribution in [3.63, 3.8) is 0 Å². The van der Waals surface area contributed by atoms with Gasteiger partial charge in [-0.25, -0.2) is 0 Å². The highest BCUT2D eigenvalue weighted by molar-refractivity contribution is 5.96. The van der Waals surface area contributed by atoms with Crippen molar-refractivity contribution >= 4 is 5.78 Å². The summed E-state index contributed by atoms with van der Waals surface area (Å²) in [6.45, 7) is 2.17. The predicted molar refractivity (Wildman–Crippen MR) is 84.0 cm³/mol. The Hall–Kier alpha value is -2.15. The number of carbonyl (C=O) groups is 1. The number of benzene rings is 2. The van der Waals surface area contributed by atoms with Crippen LogP contribution >= 0.6 is 0 Å². The molecule has 0 saturated carbocycles. The monoisotopic (exact) mass is 264 g/mol. The van der Waals surface area contributed by atoms with Crippen molar-refractivity contribution in [1.29, 1.82) is 0 Å². The minimum atomic E-state index is 0.171. The first-order valence-electron chi connectivity index (χ1n) is 7.11. The number of rotatable bonds is 6. The van der Waals surface area contributed by atoms with Gasteiger partial charge in [0.25, 0.3) is 0 Å². The first-order valence-corrected chi connectivity index (χ1v) is 7.11. The maximum atomic E-state index is 12.0. The predicted octanol–water partition coefficient (Wildman–Crippen LogP) is 5.01. The zero-order valence-electron chi connectivity index (χ0n) is 11.8. The summed E-state index contributed by atoms with van der Waals surface area (Å²) in [6.07, 6.45) is 5.65. The molecule has 0 aromatic heterocycles. The standard InChI is InChI=1S/C19H20O/c1-2-16(17-10-5-3-6-11-17)14-9-15-19(20)18-12-7-4-8-13-18/h3-14,16H,2,15H2,1H3/b14-9+/t16-/m0/s1. The highest BCUT2D eigenvalue weighted by Gasteiger charge is 2.05. The van der Waals surface area contributed by atoms with Gasteiger partial charge in [0.1, 0.15) is 0 Å². The van der Waals surface area contributed by atoms with E-state index in [0.717, 1.165) is 12.0 Å². The third-order valence-corrected chi connectivity index (χ3v) is 3.43. The highest BCUT2D eigenvalue weighted by Crippen LogP contribution is 2.20. The van der Waals surface area contributed by atoms with E-state index in [1.807, 2.05) is 42.5 Å². The van der Waals surface area contributed by atoms with Gasteiger partial charge in [-0.1, -0.05) is 79.7 Å². The molecule has 2 rings (SSSR count). The molecule has 0 spiro atoms. The fourth-order valence-corrected chi connectivity index (χ4v) is 2.26. The molecule has 2 aromatic carbocycles. The average molecular weight is 264 g/mol. The molecule has 0 saturated heterocycles. The van der Waals surface area contributed by atoms with Crippen LogP contribution in [0.2, 0.25) is 0 Å². The van der Waals surface area contributed by atoms with Crippen LogP contribution in [-0.2, 0) is 0 Å². The Labute approximate surface area is 121 Å². The van der Waals surface area contributed by atoms with E-state index in [1.54, 1.807) is 0 Å². The van der Waals surface area contributed by atoms with Gasteiger partial charge in [-0.3, -0.25) is 4.79 Å². The lowest BCUT2D eigenvalue weighted by atomic mass is 9.95. The topological polar surface area (TPSA) is 17.1 Å². The number of allylic oxidation sites excluding steroid dienone is 2. The Morgan fingerprint density at radius 3 is 2.20 bits per heavy atom. The molecule has 0 bridgehead atoms. The van der Waals surface area contributed by atoms with E-state index in [4.69, 9.17) is 0 Å². The lowest BCUT2D eigenvalue weighted by molar-refractivity contribution is 0.0995. The zero-order valence-corrected chi connectivity index (χ0v) is 11.8. The lowest BCUT2D eigenvalue weighted by Gasteiger charge is -2.09. The second kappa shape index (κ2) is 7.44. The molecule has 0 unspecified atom stereocenters. The third kappa shape index (κ3) is 3.92. The largest absolute Gasteiger partial charge is 0.294 e. The van der Waals surface area contributed by atoms with Crippen molar-refractivity contribution < 1.29 is 4.79 Å². The second-order valence-electron chi connectivity index (χ2n) is 4.85. The smallest absolute Gasteiger partial charge is 0.166 e. The number of ketones is 1. The molecule has 0 radical (unpaired) electrons. The SMILES string of the molecule is CC[C@@H](/C=C/CC(=O)c1ccccc1)c1ccccc1. The fourth-order valence-electron chi connectivity index (χ4n) is 2.26. The zero-order chi connectivity index (χ0) is 14.2. The lowest BCUT2D eigenvalue weighted by Crippen LogP contribution is -1.97. The van der Waals surface area contributed by atoms with Crippen LogP contribution in [0.25, 0.3) is 0 Å². The van der Waals surface area contributed by atoms with Crippen LogP contribution in [-0.4, -0.2) is 5.78 Å². The summed E-state index contributed by atoms with van der Waals surface area (Å²) in [5.41, 5.74) is 2.09. The van der Waals surface area contributed by atoms with E-state index in [1.165, 1.54) is 5.56 Å². The van der Waals surface area contributed by atoms with Crippen LogP contribution in [0.3, 0.4) is 0 Å². The number of hydrogen-bond acceptors (Lipinski definition) is 1. The number of carbonyl (C=O) groups excluding carboxylic acids is 1. The first kappa shape index (κ1) is 14.3. The van der Waals surface area contributed by atoms with Gasteiger partial charge in [-0.15, -0.1) is 0 Å². The van der Waals surface area contributed by atoms with Gasteiger partial charge in [-0.2, -0.15) is 0 Å². The van der Waals surface area contributed by atoms with Crippen LogP contribution in [0.1, 0.15) is 41.6 Å². The van der Waals surface area contributed by atoms with E-state index in [2.05, 4.69) is 37.3 Å².